The highest BCUT2D eigenvalue weighted by Crippen LogP contribution is 2.19. The number of benzene rings is 2. The first-order valence-corrected chi connectivity index (χ1v) is 8.25. The van der Waals surface area contributed by atoms with Crippen LogP contribution in [0.2, 0.25) is 0 Å². The molecule has 1 aromatic heterocycles. The smallest absolute Gasteiger partial charge is 0.276 e. The molecule has 1 heterocycles. The van der Waals surface area contributed by atoms with E-state index in [0.717, 1.165) is 11.4 Å². The Balaban J connectivity index is 1.43. The van der Waals surface area contributed by atoms with Gasteiger partial charge in [0, 0.05) is 23.8 Å². The van der Waals surface area contributed by atoms with Crippen molar-refractivity contribution in [3.63, 3.8) is 0 Å². The van der Waals surface area contributed by atoms with Crippen molar-refractivity contribution in [2.24, 2.45) is 0 Å². The van der Waals surface area contributed by atoms with Gasteiger partial charge in [-0.15, -0.1) is 0 Å². The van der Waals surface area contributed by atoms with Gasteiger partial charge in [-0.25, -0.2) is 0 Å². The molecule has 0 saturated heterocycles. The Morgan fingerprint density at radius 1 is 0.852 bits per heavy atom. The van der Waals surface area contributed by atoms with Crippen molar-refractivity contribution in [1.82, 2.24) is 15.8 Å². The number of hydrogen-bond donors (Lipinski definition) is 3. The number of rotatable bonds is 6. The van der Waals surface area contributed by atoms with Crippen LogP contribution in [0.5, 0.6) is 5.75 Å². The number of para-hydroxylation sites is 1. The zero-order valence-corrected chi connectivity index (χ0v) is 14.4. The van der Waals surface area contributed by atoms with E-state index in [4.69, 9.17) is 4.74 Å². The standard InChI is InChI=1S/C20H18N4O3/c25-19(23-24-20(26)15-5-4-12-21-13-15)14-27-18-10-8-17(9-11-18)22-16-6-2-1-3-7-16/h1-13,22H,14H2,(H,23,25)(H,24,26). The summed E-state index contributed by atoms with van der Waals surface area (Å²) in [6, 6.07) is 20.2. The maximum atomic E-state index is 11.8. The fourth-order valence-corrected chi connectivity index (χ4v) is 2.20. The molecule has 136 valence electrons. The number of anilines is 2. The zero-order valence-electron chi connectivity index (χ0n) is 14.4. The monoisotopic (exact) mass is 362 g/mol. The zero-order chi connectivity index (χ0) is 18.9. The van der Waals surface area contributed by atoms with Crippen molar-refractivity contribution < 1.29 is 14.3 Å². The van der Waals surface area contributed by atoms with E-state index in [9.17, 15) is 9.59 Å². The molecular weight excluding hydrogens is 344 g/mol. The number of hydrazine groups is 1. The van der Waals surface area contributed by atoms with Crippen LogP contribution in [-0.4, -0.2) is 23.4 Å². The molecule has 3 N–H and O–H groups in total. The molecule has 0 aliphatic rings. The highest BCUT2D eigenvalue weighted by Gasteiger charge is 2.07. The van der Waals surface area contributed by atoms with Gasteiger partial charge in [-0.3, -0.25) is 25.4 Å². The normalized spacial score (nSPS) is 9.93. The minimum atomic E-state index is -0.473. The minimum Gasteiger partial charge on any atom is -0.484 e. The first kappa shape index (κ1) is 17.9. The van der Waals surface area contributed by atoms with Crippen molar-refractivity contribution in [3.05, 3.63) is 84.7 Å². The van der Waals surface area contributed by atoms with Crippen LogP contribution in [0.15, 0.2) is 79.1 Å². The highest BCUT2D eigenvalue weighted by atomic mass is 16.5. The van der Waals surface area contributed by atoms with Crippen LogP contribution in [0.3, 0.4) is 0 Å². The number of nitrogens with one attached hydrogen (secondary N) is 3. The Morgan fingerprint density at radius 2 is 1.59 bits per heavy atom. The van der Waals surface area contributed by atoms with Gasteiger partial charge in [0.15, 0.2) is 6.61 Å². The quantitative estimate of drug-likeness (QED) is 0.586. The van der Waals surface area contributed by atoms with Crippen LogP contribution in [-0.2, 0) is 4.79 Å². The van der Waals surface area contributed by atoms with Crippen molar-refractivity contribution in [1.29, 1.82) is 0 Å². The number of amides is 2. The molecule has 0 saturated carbocycles. The summed E-state index contributed by atoms with van der Waals surface area (Å²) in [6.45, 7) is -0.223. The molecule has 0 bridgehead atoms. The molecule has 0 unspecified atom stereocenters. The number of aromatic nitrogens is 1. The molecule has 27 heavy (non-hydrogen) atoms. The van der Waals surface area contributed by atoms with Gasteiger partial charge in [0.2, 0.25) is 0 Å². The highest BCUT2D eigenvalue weighted by molar-refractivity contribution is 5.95. The van der Waals surface area contributed by atoms with Gasteiger partial charge in [-0.1, -0.05) is 18.2 Å². The molecule has 0 fully saturated rings. The van der Waals surface area contributed by atoms with E-state index in [2.05, 4.69) is 21.2 Å². The maximum Gasteiger partial charge on any atom is 0.276 e. The van der Waals surface area contributed by atoms with E-state index in [-0.39, 0.29) is 6.61 Å². The lowest BCUT2D eigenvalue weighted by Gasteiger charge is -2.10. The van der Waals surface area contributed by atoms with Crippen LogP contribution in [0.4, 0.5) is 11.4 Å². The third-order valence-electron chi connectivity index (χ3n) is 3.53. The molecule has 0 radical (unpaired) electrons. The van der Waals surface area contributed by atoms with Gasteiger partial charge >= 0.3 is 0 Å². The van der Waals surface area contributed by atoms with Crippen LogP contribution in [0.25, 0.3) is 0 Å². The van der Waals surface area contributed by atoms with Crippen molar-refractivity contribution in [3.8, 4) is 5.75 Å². The Bertz CT molecular complexity index is 884. The van der Waals surface area contributed by atoms with Crippen molar-refractivity contribution in [2.75, 3.05) is 11.9 Å². The number of hydrogen-bond acceptors (Lipinski definition) is 5. The molecular formula is C20H18N4O3. The second kappa shape index (κ2) is 9.00. The largest absolute Gasteiger partial charge is 0.484 e. The van der Waals surface area contributed by atoms with E-state index >= 15 is 0 Å². The Kier molecular flexibility index (Phi) is 5.98. The molecule has 0 spiro atoms. The first-order valence-electron chi connectivity index (χ1n) is 8.25. The predicted octanol–water partition coefficient (Wildman–Crippen LogP) is 2.67. The van der Waals surface area contributed by atoms with Crippen LogP contribution >= 0.6 is 0 Å². The maximum absolute atomic E-state index is 11.8. The summed E-state index contributed by atoms with van der Waals surface area (Å²) in [7, 11) is 0. The van der Waals surface area contributed by atoms with Crippen molar-refractivity contribution in [2.45, 2.75) is 0 Å². The number of carbonyl (C=O) groups is 2. The molecule has 7 heteroatoms. The Hall–Kier alpha value is -3.87. The fraction of sp³-hybridized carbons (Fsp3) is 0.0500. The average Bonchev–Trinajstić information content (AvgIpc) is 2.73. The fourth-order valence-electron chi connectivity index (χ4n) is 2.20. The summed E-state index contributed by atoms with van der Waals surface area (Å²) in [4.78, 5) is 27.4. The topological polar surface area (TPSA) is 92.4 Å². The average molecular weight is 362 g/mol. The van der Waals surface area contributed by atoms with Crippen LogP contribution < -0.4 is 20.9 Å². The molecule has 3 aromatic rings. The predicted molar refractivity (Wildman–Crippen MR) is 102 cm³/mol. The van der Waals surface area contributed by atoms with Gasteiger partial charge in [0.25, 0.3) is 11.8 Å². The first-order chi connectivity index (χ1) is 13.2. The minimum absolute atomic E-state index is 0.223. The van der Waals surface area contributed by atoms with Crippen LogP contribution in [0.1, 0.15) is 10.4 Å². The van der Waals surface area contributed by atoms with E-state index in [1.165, 1.54) is 6.20 Å². The van der Waals surface area contributed by atoms with E-state index in [0.29, 0.717) is 11.3 Å². The summed E-state index contributed by atoms with van der Waals surface area (Å²) >= 11 is 0. The third-order valence-corrected chi connectivity index (χ3v) is 3.53. The van der Waals surface area contributed by atoms with Gasteiger partial charge in [0.05, 0.1) is 5.56 Å². The lowest BCUT2D eigenvalue weighted by molar-refractivity contribution is -0.123. The number of ether oxygens (including phenoxy) is 1. The van der Waals surface area contributed by atoms with Gasteiger partial charge in [0.1, 0.15) is 5.75 Å². The van der Waals surface area contributed by atoms with E-state index in [1.54, 1.807) is 30.5 Å². The Morgan fingerprint density at radius 3 is 2.30 bits per heavy atom. The summed E-state index contributed by atoms with van der Waals surface area (Å²) in [5, 5.41) is 3.26. The molecule has 0 aliphatic heterocycles. The molecule has 3 rings (SSSR count). The SMILES string of the molecule is O=C(COc1ccc(Nc2ccccc2)cc1)NNC(=O)c1cccnc1. The summed E-state index contributed by atoms with van der Waals surface area (Å²) in [5.41, 5.74) is 6.83. The number of carbonyl (C=O) groups excluding carboxylic acids is 2. The number of pyridine rings is 1. The molecule has 7 nitrogen and oxygen atoms in total. The molecule has 0 aliphatic carbocycles. The second-order valence-electron chi connectivity index (χ2n) is 5.55. The van der Waals surface area contributed by atoms with Gasteiger partial charge < -0.3 is 10.1 Å². The lowest BCUT2D eigenvalue weighted by atomic mass is 10.2. The van der Waals surface area contributed by atoms with Gasteiger partial charge in [-0.2, -0.15) is 0 Å². The summed E-state index contributed by atoms with van der Waals surface area (Å²) in [6.07, 6.45) is 2.97. The summed E-state index contributed by atoms with van der Waals surface area (Å²) in [5.74, 6) is -0.381. The van der Waals surface area contributed by atoms with E-state index in [1.807, 2.05) is 42.5 Å². The van der Waals surface area contributed by atoms with Gasteiger partial charge in [-0.05, 0) is 48.5 Å². The lowest BCUT2D eigenvalue weighted by Crippen LogP contribution is -2.43. The van der Waals surface area contributed by atoms with Crippen LogP contribution in [0, 0.1) is 0 Å². The number of nitrogens with zero attached hydrogens (tertiary/aromatic N) is 1. The molecule has 2 amide bonds. The van der Waals surface area contributed by atoms with Crippen molar-refractivity contribution >= 4 is 23.2 Å². The third kappa shape index (κ3) is 5.57. The second-order valence-corrected chi connectivity index (χ2v) is 5.55. The molecule has 0 atom stereocenters. The Labute approximate surface area is 156 Å². The molecule has 2 aromatic carbocycles. The van der Waals surface area contributed by atoms with E-state index < -0.39 is 11.8 Å². The summed E-state index contributed by atoms with van der Waals surface area (Å²) < 4.78 is 5.41.